The molecule has 6 atom stereocenters. The van der Waals surface area contributed by atoms with Crippen LogP contribution in [0.15, 0.2) is 12.2 Å². The molecule has 11 heavy (non-hydrogen) atoms. The normalized spacial score (nSPS) is 68.4. The molecular formula is C10H13N. The molecule has 3 fully saturated rings. The van der Waals surface area contributed by atoms with Crippen molar-refractivity contribution in [2.45, 2.75) is 24.9 Å². The zero-order chi connectivity index (χ0) is 7.00. The Bertz CT molecular complexity index is 245. The summed E-state index contributed by atoms with van der Waals surface area (Å²) in [5.41, 5.74) is 0. The number of piperidine rings is 1. The molecule has 1 saturated heterocycles. The van der Waals surface area contributed by atoms with Gasteiger partial charge in [-0.25, -0.2) is 0 Å². The predicted molar refractivity (Wildman–Crippen MR) is 43.0 cm³/mol. The third-order valence-corrected chi connectivity index (χ3v) is 4.36. The SMILES string of the molecule is C1=CC2CC1C1CC3NC3C21. The van der Waals surface area contributed by atoms with Crippen molar-refractivity contribution in [1.82, 2.24) is 5.32 Å². The van der Waals surface area contributed by atoms with Crippen molar-refractivity contribution in [3.63, 3.8) is 0 Å². The maximum absolute atomic E-state index is 3.59. The van der Waals surface area contributed by atoms with Crippen LogP contribution in [0.2, 0.25) is 0 Å². The Kier molecular flexibility index (Phi) is 0.695. The molecule has 1 heteroatoms. The van der Waals surface area contributed by atoms with E-state index in [1.807, 2.05) is 0 Å². The van der Waals surface area contributed by atoms with Crippen molar-refractivity contribution >= 4 is 0 Å². The number of hydrogen-bond donors (Lipinski definition) is 1. The fraction of sp³-hybridized carbons (Fsp3) is 0.800. The van der Waals surface area contributed by atoms with E-state index >= 15 is 0 Å². The van der Waals surface area contributed by atoms with Crippen LogP contribution < -0.4 is 5.32 Å². The lowest BCUT2D eigenvalue weighted by molar-refractivity contribution is 0.330. The summed E-state index contributed by atoms with van der Waals surface area (Å²) in [4.78, 5) is 0. The zero-order valence-corrected chi connectivity index (χ0v) is 6.53. The molecule has 0 amide bonds. The lowest BCUT2D eigenvalue weighted by atomic mass is 9.85. The van der Waals surface area contributed by atoms with E-state index < -0.39 is 0 Å². The van der Waals surface area contributed by atoms with Crippen molar-refractivity contribution in [2.24, 2.45) is 23.7 Å². The van der Waals surface area contributed by atoms with Gasteiger partial charge in [-0.1, -0.05) is 12.2 Å². The first kappa shape index (κ1) is 5.36. The van der Waals surface area contributed by atoms with Crippen molar-refractivity contribution in [3.05, 3.63) is 12.2 Å². The molecule has 1 nitrogen and oxygen atoms in total. The maximum atomic E-state index is 3.59. The highest BCUT2D eigenvalue weighted by atomic mass is 15.2. The first-order valence-electron chi connectivity index (χ1n) is 4.88. The highest BCUT2D eigenvalue weighted by molar-refractivity contribution is 5.25. The average molecular weight is 147 g/mol. The molecule has 0 aromatic carbocycles. The second-order valence-electron chi connectivity index (χ2n) is 4.72. The van der Waals surface area contributed by atoms with Gasteiger partial charge >= 0.3 is 0 Å². The van der Waals surface area contributed by atoms with Crippen molar-refractivity contribution < 1.29 is 0 Å². The van der Waals surface area contributed by atoms with E-state index in [0.29, 0.717) is 0 Å². The fourth-order valence-corrected chi connectivity index (χ4v) is 3.91. The maximum Gasteiger partial charge on any atom is 0.0261 e. The molecule has 0 radical (unpaired) electrons. The van der Waals surface area contributed by atoms with Crippen LogP contribution in [0.4, 0.5) is 0 Å². The van der Waals surface area contributed by atoms with Crippen LogP contribution in [-0.4, -0.2) is 12.1 Å². The standard InChI is InChI=1S/C10H13N/c1-2-6-3-5(1)7-4-8-10(11-8)9(6)7/h1-2,5-11H,3-4H2. The van der Waals surface area contributed by atoms with Gasteiger partial charge in [-0.05, 0) is 36.5 Å². The van der Waals surface area contributed by atoms with E-state index in [-0.39, 0.29) is 0 Å². The molecule has 0 aromatic rings. The minimum absolute atomic E-state index is 0.940. The van der Waals surface area contributed by atoms with Gasteiger partial charge in [0.05, 0.1) is 0 Å². The average Bonchev–Trinajstić information content (AvgIpc) is 2.53. The summed E-state index contributed by atoms with van der Waals surface area (Å²) in [6.07, 6.45) is 7.94. The highest BCUT2D eigenvalue weighted by Gasteiger charge is 2.61. The van der Waals surface area contributed by atoms with Gasteiger partial charge < -0.3 is 5.32 Å². The van der Waals surface area contributed by atoms with Gasteiger partial charge in [0.1, 0.15) is 0 Å². The summed E-state index contributed by atoms with van der Waals surface area (Å²) in [5.74, 6) is 4.09. The minimum atomic E-state index is 0.940. The molecule has 4 aliphatic rings. The van der Waals surface area contributed by atoms with Gasteiger partial charge in [0.15, 0.2) is 0 Å². The molecule has 0 spiro atoms. The van der Waals surface area contributed by atoms with E-state index in [1.165, 1.54) is 12.8 Å². The van der Waals surface area contributed by atoms with Crippen molar-refractivity contribution in [2.75, 3.05) is 0 Å². The van der Waals surface area contributed by atoms with Gasteiger partial charge in [-0.15, -0.1) is 0 Å². The molecular weight excluding hydrogens is 134 g/mol. The third-order valence-electron chi connectivity index (χ3n) is 4.36. The molecule has 6 unspecified atom stereocenters. The van der Waals surface area contributed by atoms with Crippen LogP contribution in [0, 0.1) is 23.7 Å². The zero-order valence-electron chi connectivity index (χ0n) is 6.53. The van der Waals surface area contributed by atoms with Crippen molar-refractivity contribution in [1.29, 1.82) is 0 Å². The van der Waals surface area contributed by atoms with Gasteiger partial charge in [-0.2, -0.15) is 0 Å². The summed E-state index contributed by atoms with van der Waals surface area (Å²) in [6.45, 7) is 0. The quantitative estimate of drug-likeness (QED) is 0.403. The van der Waals surface area contributed by atoms with Gasteiger partial charge in [-0.3, -0.25) is 0 Å². The van der Waals surface area contributed by atoms with Crippen LogP contribution in [0.1, 0.15) is 12.8 Å². The number of allylic oxidation sites excluding steroid dienone is 2. The Morgan fingerprint density at radius 2 is 2.00 bits per heavy atom. The summed E-state index contributed by atoms with van der Waals surface area (Å²) in [6, 6.07) is 1.88. The van der Waals surface area contributed by atoms with E-state index in [1.54, 1.807) is 0 Å². The van der Waals surface area contributed by atoms with Gasteiger partial charge in [0, 0.05) is 12.1 Å². The predicted octanol–water partition coefficient (Wildman–Crippen LogP) is 1.17. The van der Waals surface area contributed by atoms with Crippen LogP contribution in [0.3, 0.4) is 0 Å². The molecule has 1 aliphatic heterocycles. The van der Waals surface area contributed by atoms with E-state index in [4.69, 9.17) is 0 Å². The Labute approximate surface area is 66.9 Å². The minimum Gasteiger partial charge on any atom is -0.308 e. The first-order chi connectivity index (χ1) is 5.43. The van der Waals surface area contributed by atoms with Crippen LogP contribution in [-0.2, 0) is 0 Å². The smallest absolute Gasteiger partial charge is 0.0261 e. The van der Waals surface area contributed by atoms with Crippen molar-refractivity contribution in [3.8, 4) is 0 Å². The number of hydrogen-bond acceptors (Lipinski definition) is 1. The summed E-state index contributed by atoms with van der Waals surface area (Å²) < 4.78 is 0. The Morgan fingerprint density at radius 3 is 2.91 bits per heavy atom. The molecule has 2 bridgehead atoms. The molecule has 0 aromatic heterocycles. The monoisotopic (exact) mass is 147 g/mol. The van der Waals surface area contributed by atoms with Gasteiger partial charge in [0.25, 0.3) is 0 Å². The third kappa shape index (κ3) is 0.478. The van der Waals surface area contributed by atoms with E-state index in [9.17, 15) is 0 Å². The fourth-order valence-electron chi connectivity index (χ4n) is 3.91. The van der Waals surface area contributed by atoms with Crippen LogP contribution in [0.25, 0.3) is 0 Å². The highest BCUT2D eigenvalue weighted by Crippen LogP contribution is 2.58. The molecule has 1 heterocycles. The Balaban J connectivity index is 1.81. The number of rotatable bonds is 0. The number of fused-ring (bicyclic) bond motifs is 7. The largest absolute Gasteiger partial charge is 0.308 e. The topological polar surface area (TPSA) is 21.9 Å². The van der Waals surface area contributed by atoms with E-state index in [0.717, 1.165) is 35.8 Å². The molecule has 2 saturated carbocycles. The second-order valence-corrected chi connectivity index (χ2v) is 4.72. The molecule has 1 N–H and O–H groups in total. The molecule has 4 rings (SSSR count). The van der Waals surface area contributed by atoms with Crippen LogP contribution >= 0.6 is 0 Å². The Hall–Kier alpha value is -0.300. The summed E-state index contributed by atoms with van der Waals surface area (Å²) in [5, 5.41) is 3.59. The van der Waals surface area contributed by atoms with E-state index in [2.05, 4.69) is 17.5 Å². The summed E-state index contributed by atoms with van der Waals surface area (Å²) in [7, 11) is 0. The number of nitrogens with one attached hydrogen (secondary N) is 1. The first-order valence-corrected chi connectivity index (χ1v) is 4.88. The Morgan fingerprint density at radius 1 is 1.09 bits per heavy atom. The van der Waals surface area contributed by atoms with Crippen LogP contribution in [0.5, 0.6) is 0 Å². The lowest BCUT2D eigenvalue weighted by Gasteiger charge is -2.22. The summed E-state index contributed by atoms with van der Waals surface area (Å²) >= 11 is 0. The second kappa shape index (κ2) is 1.42. The lowest BCUT2D eigenvalue weighted by Crippen LogP contribution is -2.22. The molecule has 3 aliphatic carbocycles. The van der Waals surface area contributed by atoms with Gasteiger partial charge in [0.2, 0.25) is 0 Å². The molecule has 58 valence electrons.